The van der Waals surface area contributed by atoms with Crippen LogP contribution >= 0.6 is 11.3 Å². The topological polar surface area (TPSA) is 87.2 Å². The second-order valence-electron chi connectivity index (χ2n) is 7.11. The Labute approximate surface area is 179 Å². The van der Waals surface area contributed by atoms with E-state index >= 15 is 0 Å². The van der Waals surface area contributed by atoms with E-state index in [1.165, 1.54) is 11.3 Å². The molecule has 3 aromatic rings. The van der Waals surface area contributed by atoms with Crippen molar-refractivity contribution in [1.82, 2.24) is 20.2 Å². The van der Waals surface area contributed by atoms with Crippen molar-refractivity contribution in [1.29, 1.82) is 0 Å². The van der Waals surface area contributed by atoms with E-state index in [1.807, 2.05) is 48.7 Å². The van der Waals surface area contributed by atoms with E-state index in [9.17, 15) is 9.59 Å². The van der Waals surface area contributed by atoms with Crippen molar-refractivity contribution < 1.29 is 9.59 Å². The third kappa shape index (κ3) is 4.90. The molecule has 0 saturated carbocycles. The Morgan fingerprint density at radius 2 is 1.83 bits per heavy atom. The van der Waals surface area contributed by atoms with E-state index in [2.05, 4.69) is 25.5 Å². The zero-order chi connectivity index (χ0) is 20.8. The van der Waals surface area contributed by atoms with Crippen molar-refractivity contribution in [2.24, 2.45) is 0 Å². The summed E-state index contributed by atoms with van der Waals surface area (Å²) in [4.78, 5) is 35.6. The maximum Gasteiger partial charge on any atom is 0.314 e. The molecule has 4 rings (SSSR count). The molecule has 2 aromatic heterocycles. The van der Waals surface area contributed by atoms with Gasteiger partial charge in [-0.05, 0) is 37.6 Å². The molecule has 154 valence electrons. The molecule has 0 bridgehead atoms. The molecule has 3 heterocycles. The molecule has 2 N–H and O–H groups in total. The Kier molecular flexibility index (Phi) is 6.46. The lowest BCUT2D eigenvalue weighted by atomic mass is 10.1. The first-order valence-corrected chi connectivity index (χ1v) is 10.8. The molecule has 1 atom stereocenters. The van der Waals surface area contributed by atoms with Crippen LogP contribution in [0.1, 0.15) is 24.4 Å². The molecule has 1 aliphatic rings. The van der Waals surface area contributed by atoms with Gasteiger partial charge >= 0.3 is 11.8 Å². The number of benzene rings is 1. The van der Waals surface area contributed by atoms with Crippen molar-refractivity contribution in [2.45, 2.75) is 18.9 Å². The van der Waals surface area contributed by atoms with Gasteiger partial charge in [-0.3, -0.25) is 19.5 Å². The molecule has 1 saturated heterocycles. The normalized spacial score (nSPS) is 14.9. The van der Waals surface area contributed by atoms with Crippen LogP contribution in [0.2, 0.25) is 0 Å². The Bertz CT molecular complexity index is 987. The number of amides is 2. The highest BCUT2D eigenvalue weighted by molar-refractivity contribution is 7.19. The highest BCUT2D eigenvalue weighted by Crippen LogP contribution is 2.28. The molecule has 1 aliphatic heterocycles. The summed E-state index contributed by atoms with van der Waals surface area (Å²) in [5, 5.41) is 6.75. The first-order chi connectivity index (χ1) is 14.7. The minimum atomic E-state index is -0.690. The first-order valence-electron chi connectivity index (χ1n) is 9.95. The molecular formula is C22H23N5O2S. The zero-order valence-electron chi connectivity index (χ0n) is 16.5. The van der Waals surface area contributed by atoms with Gasteiger partial charge in [-0.15, -0.1) is 0 Å². The number of anilines is 1. The lowest BCUT2D eigenvalue weighted by Crippen LogP contribution is -2.41. The van der Waals surface area contributed by atoms with Crippen LogP contribution in [-0.2, 0) is 9.59 Å². The largest absolute Gasteiger partial charge is 0.346 e. The number of aromatic nitrogens is 2. The molecule has 1 fully saturated rings. The van der Waals surface area contributed by atoms with Gasteiger partial charge in [0.05, 0.1) is 12.2 Å². The van der Waals surface area contributed by atoms with E-state index in [4.69, 9.17) is 0 Å². The summed E-state index contributed by atoms with van der Waals surface area (Å²) < 4.78 is 0. The second kappa shape index (κ2) is 9.60. The molecule has 7 nitrogen and oxygen atoms in total. The van der Waals surface area contributed by atoms with Crippen LogP contribution in [0, 0.1) is 0 Å². The average molecular weight is 422 g/mol. The number of thiazole rings is 1. The molecule has 1 unspecified atom stereocenters. The molecule has 30 heavy (non-hydrogen) atoms. The Hall–Kier alpha value is -3.10. The van der Waals surface area contributed by atoms with Gasteiger partial charge in [0.25, 0.3) is 0 Å². The van der Waals surface area contributed by atoms with Gasteiger partial charge in [0, 0.05) is 24.5 Å². The monoisotopic (exact) mass is 421 g/mol. The van der Waals surface area contributed by atoms with Gasteiger partial charge in [0.2, 0.25) is 0 Å². The molecular weight excluding hydrogens is 398 g/mol. The number of nitrogens with one attached hydrogen (secondary N) is 2. The summed E-state index contributed by atoms with van der Waals surface area (Å²) in [5.74, 6) is -1.35. The van der Waals surface area contributed by atoms with Gasteiger partial charge in [-0.25, -0.2) is 4.98 Å². The maximum atomic E-state index is 12.4. The van der Waals surface area contributed by atoms with Crippen molar-refractivity contribution in [2.75, 3.05) is 25.0 Å². The smallest absolute Gasteiger partial charge is 0.314 e. The molecule has 0 aliphatic carbocycles. The van der Waals surface area contributed by atoms with Crippen LogP contribution in [0.5, 0.6) is 0 Å². The summed E-state index contributed by atoms with van der Waals surface area (Å²) >= 11 is 1.33. The third-order valence-electron chi connectivity index (χ3n) is 5.08. The predicted octanol–water partition coefficient (Wildman–Crippen LogP) is 3.10. The fourth-order valence-electron chi connectivity index (χ4n) is 3.57. The lowest BCUT2D eigenvalue weighted by molar-refractivity contribution is -0.136. The van der Waals surface area contributed by atoms with Gasteiger partial charge in [-0.1, -0.05) is 47.7 Å². The Morgan fingerprint density at radius 3 is 2.57 bits per heavy atom. The highest BCUT2D eigenvalue weighted by atomic mass is 32.1. The molecule has 1 aromatic carbocycles. The number of hydrogen-bond acceptors (Lipinski definition) is 6. The number of pyridine rings is 1. The van der Waals surface area contributed by atoms with Crippen molar-refractivity contribution in [3.05, 3.63) is 66.6 Å². The number of carbonyl (C=O) groups excluding carboxylic acids is 2. The van der Waals surface area contributed by atoms with Crippen LogP contribution in [0.3, 0.4) is 0 Å². The Balaban J connectivity index is 1.36. The molecule has 0 spiro atoms. The average Bonchev–Trinajstić information content (AvgIpc) is 3.48. The van der Waals surface area contributed by atoms with E-state index in [-0.39, 0.29) is 6.04 Å². The number of likely N-dealkylation sites (tertiary alicyclic amines) is 1. The van der Waals surface area contributed by atoms with Gasteiger partial charge in [0.15, 0.2) is 0 Å². The standard InChI is InChI=1S/C22H23N5O2S/c28-20(21(29)26-19-15-25-22(30-19)16-7-2-1-3-8-16)24-14-18(27-11-4-5-12-27)17-9-6-10-23-13-17/h1-3,6-10,13,15,18H,4-5,11-12,14H2,(H,24,28)(H,26,29). The number of hydrogen-bond donors (Lipinski definition) is 2. The number of rotatable bonds is 6. The summed E-state index contributed by atoms with van der Waals surface area (Å²) in [7, 11) is 0. The van der Waals surface area contributed by atoms with E-state index < -0.39 is 11.8 Å². The van der Waals surface area contributed by atoms with E-state index in [1.54, 1.807) is 12.4 Å². The van der Waals surface area contributed by atoms with Crippen molar-refractivity contribution in [3.63, 3.8) is 0 Å². The van der Waals surface area contributed by atoms with Crippen LogP contribution in [-0.4, -0.2) is 46.3 Å². The predicted molar refractivity (Wildman–Crippen MR) is 117 cm³/mol. The minimum Gasteiger partial charge on any atom is -0.346 e. The summed E-state index contributed by atoms with van der Waals surface area (Å²) in [5.41, 5.74) is 2.01. The van der Waals surface area contributed by atoms with E-state index in [0.29, 0.717) is 11.5 Å². The van der Waals surface area contributed by atoms with Crippen LogP contribution < -0.4 is 10.6 Å². The van der Waals surface area contributed by atoms with E-state index in [0.717, 1.165) is 42.1 Å². The summed E-state index contributed by atoms with van der Waals surface area (Å²) in [6.07, 6.45) is 7.40. The number of carbonyl (C=O) groups is 2. The Morgan fingerprint density at radius 1 is 1.03 bits per heavy atom. The fourth-order valence-corrected chi connectivity index (χ4v) is 4.39. The SMILES string of the molecule is O=C(NCC(c1cccnc1)N1CCCC1)C(=O)Nc1cnc(-c2ccccc2)s1. The first kappa shape index (κ1) is 20.2. The fraction of sp³-hybridized carbons (Fsp3) is 0.273. The maximum absolute atomic E-state index is 12.4. The van der Waals surface area contributed by atoms with Gasteiger partial charge in [-0.2, -0.15) is 0 Å². The van der Waals surface area contributed by atoms with Gasteiger partial charge in [0.1, 0.15) is 10.0 Å². The molecule has 0 radical (unpaired) electrons. The van der Waals surface area contributed by atoms with Crippen LogP contribution in [0.15, 0.2) is 61.1 Å². The van der Waals surface area contributed by atoms with Crippen LogP contribution in [0.25, 0.3) is 10.6 Å². The molecule has 2 amide bonds. The minimum absolute atomic E-state index is 0.00559. The van der Waals surface area contributed by atoms with Crippen molar-refractivity contribution >= 4 is 28.2 Å². The van der Waals surface area contributed by atoms with Crippen LogP contribution in [0.4, 0.5) is 5.00 Å². The molecule has 8 heteroatoms. The number of nitrogens with zero attached hydrogens (tertiary/aromatic N) is 3. The van der Waals surface area contributed by atoms with Crippen molar-refractivity contribution in [3.8, 4) is 10.6 Å². The zero-order valence-corrected chi connectivity index (χ0v) is 17.3. The third-order valence-corrected chi connectivity index (χ3v) is 6.04. The second-order valence-corrected chi connectivity index (χ2v) is 8.14. The quantitative estimate of drug-likeness (QED) is 0.597. The summed E-state index contributed by atoms with van der Waals surface area (Å²) in [6, 6.07) is 13.6. The van der Waals surface area contributed by atoms with Gasteiger partial charge < -0.3 is 10.6 Å². The highest BCUT2D eigenvalue weighted by Gasteiger charge is 2.25. The summed E-state index contributed by atoms with van der Waals surface area (Å²) in [6.45, 7) is 2.31. The lowest BCUT2D eigenvalue weighted by Gasteiger charge is -2.27.